The first kappa shape index (κ1) is 20.8. The number of esters is 2. The second-order valence-electron chi connectivity index (χ2n) is 6.75. The van der Waals surface area contributed by atoms with Crippen molar-refractivity contribution < 1.29 is 28.3 Å². The number of nitrogens with zero attached hydrogens (tertiary/aromatic N) is 1. The average Bonchev–Trinajstić information content (AvgIpc) is 3.37. The Hall–Kier alpha value is -4.46. The Bertz CT molecular complexity index is 1330. The summed E-state index contributed by atoms with van der Waals surface area (Å²) in [6.07, 6.45) is 1.52. The van der Waals surface area contributed by atoms with Gasteiger partial charge in [-0.2, -0.15) is 0 Å². The molecule has 2 aromatic heterocycles. The van der Waals surface area contributed by atoms with E-state index in [1.807, 2.05) is 6.07 Å². The number of benzene rings is 2. The van der Waals surface area contributed by atoms with Crippen molar-refractivity contribution in [2.45, 2.75) is 0 Å². The maximum atomic E-state index is 13.3. The van der Waals surface area contributed by atoms with Crippen LogP contribution in [0.1, 0.15) is 31.1 Å². The first-order valence-corrected chi connectivity index (χ1v) is 9.57. The predicted molar refractivity (Wildman–Crippen MR) is 117 cm³/mol. The summed E-state index contributed by atoms with van der Waals surface area (Å²) in [5.41, 5.74) is 1.79. The van der Waals surface area contributed by atoms with Crippen LogP contribution in [0, 0.1) is 0 Å². The van der Waals surface area contributed by atoms with E-state index in [-0.39, 0.29) is 16.8 Å². The fourth-order valence-corrected chi connectivity index (χ4v) is 3.28. The molecule has 8 nitrogen and oxygen atoms in total. The summed E-state index contributed by atoms with van der Waals surface area (Å²) in [5, 5.41) is 3.33. The maximum absolute atomic E-state index is 13.3. The number of pyridine rings is 1. The molecule has 0 aliphatic rings. The highest BCUT2D eigenvalue weighted by molar-refractivity contribution is 6.15. The number of nitrogens with one attached hydrogen (secondary N) is 1. The van der Waals surface area contributed by atoms with Crippen LogP contribution >= 0.6 is 0 Å². The molecule has 0 atom stereocenters. The van der Waals surface area contributed by atoms with Gasteiger partial charge in [0.1, 0.15) is 5.69 Å². The van der Waals surface area contributed by atoms with Crippen molar-refractivity contribution >= 4 is 34.4 Å². The lowest BCUT2D eigenvalue weighted by Gasteiger charge is -2.13. The molecule has 0 radical (unpaired) electrons. The molecule has 0 fully saturated rings. The van der Waals surface area contributed by atoms with E-state index in [4.69, 9.17) is 13.9 Å². The molecular weight excluding hydrogens is 412 g/mol. The summed E-state index contributed by atoms with van der Waals surface area (Å²) in [7, 11) is 2.47. The number of amides is 1. The second kappa shape index (κ2) is 8.73. The maximum Gasteiger partial charge on any atom is 0.339 e. The van der Waals surface area contributed by atoms with Crippen LogP contribution in [0.3, 0.4) is 0 Å². The summed E-state index contributed by atoms with van der Waals surface area (Å²) >= 11 is 0. The van der Waals surface area contributed by atoms with E-state index in [1.165, 1.54) is 38.7 Å². The Labute approximate surface area is 182 Å². The zero-order chi connectivity index (χ0) is 22.7. The summed E-state index contributed by atoms with van der Waals surface area (Å²) in [6, 6.07) is 16.4. The largest absolute Gasteiger partial charge is 0.465 e. The fraction of sp³-hybridized carbons (Fsp3) is 0.0833. The van der Waals surface area contributed by atoms with Gasteiger partial charge < -0.3 is 19.2 Å². The SMILES string of the molecule is COC(=O)c1ccc(C(=O)OC)c(NC(=O)c2cc(-c3ccco3)nc3ccccc23)c1. The summed E-state index contributed by atoms with van der Waals surface area (Å²) in [6.45, 7) is 0. The van der Waals surface area contributed by atoms with Gasteiger partial charge >= 0.3 is 11.9 Å². The highest BCUT2D eigenvalue weighted by atomic mass is 16.5. The summed E-state index contributed by atoms with van der Waals surface area (Å²) in [4.78, 5) is 42.1. The molecule has 1 N–H and O–H groups in total. The van der Waals surface area contributed by atoms with Crippen LogP contribution in [-0.2, 0) is 9.47 Å². The number of para-hydroxylation sites is 1. The van der Waals surface area contributed by atoms with Gasteiger partial charge in [0.15, 0.2) is 5.76 Å². The molecule has 4 aromatic rings. The zero-order valence-electron chi connectivity index (χ0n) is 17.2. The highest BCUT2D eigenvalue weighted by Crippen LogP contribution is 2.27. The molecular formula is C24H18N2O6. The van der Waals surface area contributed by atoms with E-state index in [0.29, 0.717) is 27.9 Å². The van der Waals surface area contributed by atoms with E-state index >= 15 is 0 Å². The molecule has 1 amide bonds. The van der Waals surface area contributed by atoms with Crippen molar-refractivity contribution in [3.63, 3.8) is 0 Å². The van der Waals surface area contributed by atoms with Crippen molar-refractivity contribution in [3.05, 3.63) is 83.6 Å². The van der Waals surface area contributed by atoms with Crippen LogP contribution in [0.5, 0.6) is 0 Å². The van der Waals surface area contributed by atoms with Crippen molar-refractivity contribution in [2.75, 3.05) is 19.5 Å². The van der Waals surface area contributed by atoms with E-state index in [2.05, 4.69) is 10.3 Å². The van der Waals surface area contributed by atoms with Gasteiger partial charge in [0.25, 0.3) is 5.91 Å². The molecule has 2 aromatic carbocycles. The monoisotopic (exact) mass is 430 g/mol. The lowest BCUT2D eigenvalue weighted by atomic mass is 10.0. The third kappa shape index (κ3) is 3.93. The minimum atomic E-state index is -0.660. The first-order valence-electron chi connectivity index (χ1n) is 9.57. The first-order chi connectivity index (χ1) is 15.5. The van der Waals surface area contributed by atoms with Crippen LogP contribution in [0.4, 0.5) is 5.69 Å². The van der Waals surface area contributed by atoms with Crippen molar-refractivity contribution in [1.29, 1.82) is 0 Å². The predicted octanol–water partition coefficient (Wildman–Crippen LogP) is 4.32. The highest BCUT2D eigenvalue weighted by Gasteiger charge is 2.20. The quantitative estimate of drug-likeness (QED) is 0.470. The summed E-state index contributed by atoms with van der Waals surface area (Å²) in [5.74, 6) is -1.25. The van der Waals surface area contributed by atoms with Crippen LogP contribution in [-0.4, -0.2) is 37.0 Å². The van der Waals surface area contributed by atoms with Gasteiger partial charge in [-0.15, -0.1) is 0 Å². The number of furan rings is 1. The number of hydrogen-bond acceptors (Lipinski definition) is 7. The Balaban J connectivity index is 1.80. The number of anilines is 1. The molecule has 0 aliphatic carbocycles. The molecule has 32 heavy (non-hydrogen) atoms. The molecule has 2 heterocycles. The van der Waals surface area contributed by atoms with E-state index in [1.54, 1.807) is 36.4 Å². The summed E-state index contributed by atoms with van der Waals surface area (Å²) < 4.78 is 15.0. The normalized spacial score (nSPS) is 10.6. The number of hydrogen-bond donors (Lipinski definition) is 1. The lowest BCUT2D eigenvalue weighted by Crippen LogP contribution is -2.17. The fourth-order valence-electron chi connectivity index (χ4n) is 3.28. The molecule has 8 heteroatoms. The molecule has 0 aliphatic heterocycles. The zero-order valence-corrected chi connectivity index (χ0v) is 17.2. The smallest absolute Gasteiger partial charge is 0.339 e. The third-order valence-corrected chi connectivity index (χ3v) is 4.83. The van der Waals surface area contributed by atoms with Gasteiger partial charge in [-0.25, -0.2) is 14.6 Å². The standard InChI is InChI=1S/C24H18N2O6/c1-30-23(28)14-9-10-16(24(29)31-2)19(12-14)26-22(27)17-13-20(21-8-5-11-32-21)25-18-7-4-3-6-15(17)18/h3-13H,1-2H3,(H,26,27). The van der Waals surface area contributed by atoms with Gasteiger partial charge in [-0.3, -0.25) is 4.79 Å². The number of carbonyl (C=O) groups excluding carboxylic acids is 3. The van der Waals surface area contributed by atoms with Crippen molar-refractivity contribution in [3.8, 4) is 11.5 Å². The molecule has 4 rings (SSSR count). The van der Waals surface area contributed by atoms with Crippen LogP contribution in [0.15, 0.2) is 71.3 Å². The van der Waals surface area contributed by atoms with Crippen LogP contribution in [0.2, 0.25) is 0 Å². The Morgan fingerprint density at radius 2 is 1.66 bits per heavy atom. The van der Waals surface area contributed by atoms with Gasteiger partial charge in [-0.1, -0.05) is 18.2 Å². The minimum absolute atomic E-state index is 0.0955. The number of ether oxygens (including phenoxy) is 2. The van der Waals surface area contributed by atoms with E-state index in [0.717, 1.165) is 0 Å². The number of aromatic nitrogens is 1. The number of rotatable bonds is 5. The Kier molecular flexibility index (Phi) is 5.67. The second-order valence-corrected chi connectivity index (χ2v) is 6.75. The Morgan fingerprint density at radius 3 is 2.38 bits per heavy atom. The molecule has 0 saturated carbocycles. The lowest BCUT2D eigenvalue weighted by molar-refractivity contribution is 0.0587. The number of carbonyl (C=O) groups is 3. The van der Waals surface area contributed by atoms with Gasteiger partial charge in [0.05, 0.1) is 48.4 Å². The molecule has 0 unspecified atom stereocenters. The number of fused-ring (bicyclic) bond motifs is 1. The topological polar surface area (TPSA) is 108 Å². The molecule has 0 bridgehead atoms. The third-order valence-electron chi connectivity index (χ3n) is 4.83. The van der Waals surface area contributed by atoms with Crippen molar-refractivity contribution in [2.24, 2.45) is 0 Å². The Morgan fingerprint density at radius 1 is 0.875 bits per heavy atom. The molecule has 0 spiro atoms. The van der Waals surface area contributed by atoms with Gasteiger partial charge in [-0.05, 0) is 42.5 Å². The average molecular weight is 430 g/mol. The van der Waals surface area contributed by atoms with Crippen molar-refractivity contribution in [1.82, 2.24) is 4.98 Å². The van der Waals surface area contributed by atoms with E-state index < -0.39 is 17.8 Å². The molecule has 0 saturated heterocycles. The molecule has 160 valence electrons. The van der Waals surface area contributed by atoms with Gasteiger partial charge in [0, 0.05) is 5.39 Å². The van der Waals surface area contributed by atoms with Crippen LogP contribution < -0.4 is 5.32 Å². The number of methoxy groups -OCH3 is 2. The van der Waals surface area contributed by atoms with Crippen LogP contribution in [0.25, 0.3) is 22.4 Å². The van der Waals surface area contributed by atoms with E-state index in [9.17, 15) is 14.4 Å². The van der Waals surface area contributed by atoms with Gasteiger partial charge in [0.2, 0.25) is 0 Å². The minimum Gasteiger partial charge on any atom is -0.465 e.